The second-order valence-electron chi connectivity index (χ2n) is 8.30. The van der Waals surface area contributed by atoms with E-state index in [1.54, 1.807) is 20.1 Å². The second-order valence-corrected chi connectivity index (χ2v) is 9.35. The van der Waals surface area contributed by atoms with Crippen molar-refractivity contribution >= 4 is 33.9 Å². The molecule has 8 heteroatoms. The van der Waals surface area contributed by atoms with Crippen LogP contribution in [0, 0.1) is 0 Å². The summed E-state index contributed by atoms with van der Waals surface area (Å²) in [6.45, 7) is 7.04. The molecule has 0 unspecified atom stereocenters. The third-order valence-electron chi connectivity index (χ3n) is 6.19. The number of carbonyl (C=O) groups excluding carboxylic acids is 2. The largest absolute Gasteiger partial charge is 0.495 e. The Bertz CT molecular complexity index is 1160. The Labute approximate surface area is 210 Å². The summed E-state index contributed by atoms with van der Waals surface area (Å²) in [7, 11) is 1.68. The van der Waals surface area contributed by atoms with E-state index in [-0.39, 0.29) is 18.6 Å². The zero-order chi connectivity index (χ0) is 24.8. The Morgan fingerprint density at radius 3 is 2.40 bits per heavy atom. The number of amides is 1. The third-order valence-corrected chi connectivity index (χ3v) is 7.29. The fraction of sp³-hybridized carbons (Fsp3) is 0.333. The van der Waals surface area contributed by atoms with Gasteiger partial charge in [0.1, 0.15) is 10.8 Å². The van der Waals surface area contributed by atoms with E-state index >= 15 is 0 Å². The number of anilines is 2. The van der Waals surface area contributed by atoms with Crippen LogP contribution in [0.5, 0.6) is 5.75 Å². The molecule has 184 valence electrons. The molecule has 1 aliphatic heterocycles. The standard InChI is InChI=1S/C27H31N3O4S/c1-4-34-27(32)21-18-24(20-10-6-5-7-11-20)35-26(21)28-25(31)19(2)29-14-16-30(17-15-29)22-12-8-9-13-23(22)33-3/h5-13,18-19H,4,14-17H2,1-3H3,(H,28,31)/t19-/m1/s1. The van der Waals surface area contributed by atoms with Crippen LogP contribution in [-0.4, -0.2) is 62.7 Å². The first kappa shape index (κ1) is 24.8. The molecule has 1 aliphatic rings. The van der Waals surface area contributed by atoms with Crippen LogP contribution >= 0.6 is 11.3 Å². The van der Waals surface area contributed by atoms with Crippen molar-refractivity contribution in [2.24, 2.45) is 0 Å². The molecule has 2 heterocycles. The molecule has 0 radical (unpaired) electrons. The Morgan fingerprint density at radius 2 is 1.71 bits per heavy atom. The van der Waals surface area contributed by atoms with Gasteiger partial charge in [-0.05, 0) is 37.6 Å². The zero-order valence-electron chi connectivity index (χ0n) is 20.3. The number of carbonyl (C=O) groups is 2. The van der Waals surface area contributed by atoms with Gasteiger partial charge in [0.15, 0.2) is 0 Å². The summed E-state index contributed by atoms with van der Waals surface area (Å²) in [4.78, 5) is 31.2. The predicted octanol–water partition coefficient (Wildman–Crippen LogP) is 4.75. The van der Waals surface area contributed by atoms with Gasteiger partial charge in [-0.2, -0.15) is 0 Å². The predicted molar refractivity (Wildman–Crippen MR) is 141 cm³/mol. The minimum Gasteiger partial charge on any atom is -0.495 e. The molecule has 4 rings (SSSR count). The van der Waals surface area contributed by atoms with Crippen molar-refractivity contribution < 1.29 is 19.1 Å². The molecule has 1 aromatic heterocycles. The highest BCUT2D eigenvalue weighted by molar-refractivity contribution is 7.20. The molecule has 0 aliphatic carbocycles. The number of hydrogen-bond donors (Lipinski definition) is 1. The van der Waals surface area contributed by atoms with Gasteiger partial charge in [-0.15, -0.1) is 11.3 Å². The SMILES string of the molecule is CCOC(=O)c1cc(-c2ccccc2)sc1NC(=O)[C@@H](C)N1CCN(c2ccccc2OC)CC1. The number of esters is 1. The fourth-order valence-electron chi connectivity index (χ4n) is 4.21. The lowest BCUT2D eigenvalue weighted by Gasteiger charge is -2.38. The van der Waals surface area contributed by atoms with Gasteiger partial charge in [-0.3, -0.25) is 9.69 Å². The smallest absolute Gasteiger partial charge is 0.341 e. The molecule has 2 aromatic carbocycles. The average Bonchev–Trinajstić information content (AvgIpc) is 3.33. The van der Waals surface area contributed by atoms with E-state index in [0.29, 0.717) is 10.6 Å². The summed E-state index contributed by atoms with van der Waals surface area (Å²) in [5.41, 5.74) is 2.44. The van der Waals surface area contributed by atoms with Crippen molar-refractivity contribution in [3.05, 3.63) is 66.2 Å². The van der Waals surface area contributed by atoms with Crippen molar-refractivity contribution in [3.63, 3.8) is 0 Å². The highest BCUT2D eigenvalue weighted by Gasteiger charge is 2.28. The first-order valence-electron chi connectivity index (χ1n) is 11.8. The van der Waals surface area contributed by atoms with E-state index in [1.165, 1.54) is 11.3 Å². The van der Waals surface area contributed by atoms with Gasteiger partial charge >= 0.3 is 5.97 Å². The van der Waals surface area contributed by atoms with Gasteiger partial charge < -0.3 is 19.7 Å². The Morgan fingerprint density at radius 1 is 1.03 bits per heavy atom. The van der Waals surface area contributed by atoms with Gasteiger partial charge in [-0.25, -0.2) is 4.79 Å². The van der Waals surface area contributed by atoms with E-state index in [2.05, 4.69) is 21.2 Å². The lowest BCUT2D eigenvalue weighted by Crippen LogP contribution is -2.52. The first-order chi connectivity index (χ1) is 17.0. The van der Waals surface area contributed by atoms with Crippen molar-refractivity contribution in [3.8, 4) is 16.2 Å². The normalized spacial score (nSPS) is 14.9. The number of hydrogen-bond acceptors (Lipinski definition) is 7. The topological polar surface area (TPSA) is 71.1 Å². The van der Waals surface area contributed by atoms with Crippen molar-refractivity contribution in [2.75, 3.05) is 50.1 Å². The molecule has 0 saturated carbocycles. The average molecular weight is 494 g/mol. The van der Waals surface area contributed by atoms with Gasteiger partial charge in [0, 0.05) is 31.1 Å². The summed E-state index contributed by atoms with van der Waals surface area (Å²) < 4.78 is 10.7. The highest BCUT2D eigenvalue weighted by Crippen LogP contribution is 2.36. The summed E-state index contributed by atoms with van der Waals surface area (Å²) >= 11 is 1.39. The Hall–Kier alpha value is -3.36. The number of ether oxygens (including phenoxy) is 2. The lowest BCUT2D eigenvalue weighted by atomic mass is 10.1. The highest BCUT2D eigenvalue weighted by atomic mass is 32.1. The molecule has 1 N–H and O–H groups in total. The van der Waals surface area contributed by atoms with Gasteiger partial charge in [0.05, 0.1) is 31.0 Å². The fourth-order valence-corrected chi connectivity index (χ4v) is 5.27. The number of rotatable bonds is 8. The van der Waals surface area contributed by atoms with Crippen LogP contribution in [0.3, 0.4) is 0 Å². The molecule has 1 atom stereocenters. The molecule has 1 amide bonds. The quantitative estimate of drug-likeness (QED) is 0.457. The van der Waals surface area contributed by atoms with Crippen LogP contribution in [-0.2, 0) is 9.53 Å². The maximum Gasteiger partial charge on any atom is 0.341 e. The number of thiophene rings is 1. The zero-order valence-corrected chi connectivity index (χ0v) is 21.1. The molecule has 1 saturated heterocycles. The van der Waals surface area contributed by atoms with Gasteiger partial charge in [-0.1, -0.05) is 42.5 Å². The maximum absolute atomic E-state index is 13.2. The Kier molecular flexibility index (Phi) is 8.05. The summed E-state index contributed by atoms with van der Waals surface area (Å²) in [5, 5.41) is 3.52. The van der Waals surface area contributed by atoms with Crippen LogP contribution < -0.4 is 15.0 Å². The molecule has 7 nitrogen and oxygen atoms in total. The van der Waals surface area contributed by atoms with Crippen LogP contribution in [0.1, 0.15) is 24.2 Å². The van der Waals surface area contributed by atoms with Crippen LogP contribution in [0.4, 0.5) is 10.7 Å². The molecule has 1 fully saturated rings. The Balaban J connectivity index is 1.44. The van der Waals surface area contributed by atoms with Crippen molar-refractivity contribution in [2.45, 2.75) is 19.9 Å². The minimum absolute atomic E-state index is 0.136. The molecular formula is C27H31N3O4S. The summed E-state index contributed by atoms with van der Waals surface area (Å²) in [6.07, 6.45) is 0. The molecule has 35 heavy (non-hydrogen) atoms. The summed E-state index contributed by atoms with van der Waals surface area (Å²) in [5.74, 6) is 0.284. The molecule has 3 aromatic rings. The second kappa shape index (κ2) is 11.4. The van der Waals surface area contributed by atoms with E-state index in [1.807, 2.05) is 55.5 Å². The molecule has 0 spiro atoms. The third kappa shape index (κ3) is 5.66. The van der Waals surface area contributed by atoms with E-state index < -0.39 is 5.97 Å². The summed E-state index contributed by atoms with van der Waals surface area (Å²) in [6, 6.07) is 19.3. The van der Waals surface area contributed by atoms with E-state index in [9.17, 15) is 9.59 Å². The van der Waals surface area contributed by atoms with Crippen LogP contribution in [0.15, 0.2) is 60.7 Å². The monoisotopic (exact) mass is 493 g/mol. The van der Waals surface area contributed by atoms with Crippen LogP contribution in [0.2, 0.25) is 0 Å². The molecular weight excluding hydrogens is 462 g/mol. The van der Waals surface area contributed by atoms with Gasteiger partial charge in [0.2, 0.25) is 5.91 Å². The van der Waals surface area contributed by atoms with Crippen molar-refractivity contribution in [1.29, 1.82) is 0 Å². The molecule has 0 bridgehead atoms. The van der Waals surface area contributed by atoms with E-state index in [4.69, 9.17) is 9.47 Å². The first-order valence-corrected chi connectivity index (χ1v) is 12.6. The number of methoxy groups -OCH3 is 1. The number of benzene rings is 2. The minimum atomic E-state index is -0.431. The van der Waals surface area contributed by atoms with Gasteiger partial charge in [0.25, 0.3) is 0 Å². The van der Waals surface area contributed by atoms with Crippen LogP contribution in [0.25, 0.3) is 10.4 Å². The number of nitrogens with zero attached hydrogens (tertiary/aromatic N) is 2. The number of piperazine rings is 1. The maximum atomic E-state index is 13.2. The lowest BCUT2D eigenvalue weighted by molar-refractivity contribution is -0.120. The number of para-hydroxylation sites is 2. The van der Waals surface area contributed by atoms with E-state index in [0.717, 1.165) is 48.1 Å². The van der Waals surface area contributed by atoms with Crippen molar-refractivity contribution in [1.82, 2.24) is 4.90 Å². The number of nitrogens with one attached hydrogen (secondary N) is 1.